The molecule has 2 N–H and O–H groups in total. The maximum atomic E-state index is 13.2. The van der Waals surface area contributed by atoms with Crippen molar-refractivity contribution in [1.82, 2.24) is 9.97 Å². The number of halogens is 1. The molecule has 2 fully saturated rings. The molecule has 1 aliphatic heterocycles. The lowest BCUT2D eigenvalue weighted by Crippen LogP contribution is -3.12. The number of rotatable bonds is 3. The van der Waals surface area contributed by atoms with Crippen LogP contribution in [0.15, 0.2) is 34.4 Å². The standard InChI is InChI=1S/C22H24FN3OS/c23-17-7-5-15(6-8-17)18-13-28-22-20(18)21(27)24-19(25-22)12-26-10-9-14-3-1-2-4-16(14)11-26/h5-8,13-14,16H,1-4,9-12H2,(H,24,25,27)/p+1/t14-,16+/m0/s1. The summed E-state index contributed by atoms with van der Waals surface area (Å²) >= 11 is 1.49. The van der Waals surface area contributed by atoms with E-state index in [-0.39, 0.29) is 11.4 Å². The largest absolute Gasteiger partial charge is 0.328 e. The highest BCUT2D eigenvalue weighted by Gasteiger charge is 2.33. The molecular formula is C22H25FN3OS+. The van der Waals surface area contributed by atoms with Gasteiger partial charge in [0.15, 0.2) is 5.82 Å². The topological polar surface area (TPSA) is 50.2 Å². The highest BCUT2D eigenvalue weighted by Crippen LogP contribution is 2.33. The Morgan fingerprint density at radius 2 is 1.93 bits per heavy atom. The second kappa shape index (κ2) is 7.41. The maximum Gasteiger partial charge on any atom is 0.260 e. The molecule has 28 heavy (non-hydrogen) atoms. The van der Waals surface area contributed by atoms with Crippen LogP contribution >= 0.6 is 11.3 Å². The minimum atomic E-state index is -0.276. The van der Waals surface area contributed by atoms with Gasteiger partial charge in [0.2, 0.25) is 0 Å². The highest BCUT2D eigenvalue weighted by atomic mass is 32.1. The molecule has 0 spiro atoms. The number of likely N-dealkylation sites (tertiary alicyclic amines) is 1. The molecule has 146 valence electrons. The molecule has 3 heterocycles. The number of hydrogen-bond acceptors (Lipinski definition) is 3. The van der Waals surface area contributed by atoms with Crippen molar-refractivity contribution in [2.24, 2.45) is 11.8 Å². The van der Waals surface area contributed by atoms with Crippen LogP contribution in [0.25, 0.3) is 21.3 Å². The van der Waals surface area contributed by atoms with Crippen molar-refractivity contribution in [2.45, 2.75) is 38.6 Å². The van der Waals surface area contributed by atoms with E-state index in [0.717, 1.165) is 40.2 Å². The number of nitrogens with zero attached hydrogens (tertiary/aromatic N) is 1. The number of H-pyrrole nitrogens is 1. The predicted octanol–water partition coefficient (Wildman–Crippen LogP) is 3.39. The van der Waals surface area contributed by atoms with Gasteiger partial charge in [0.05, 0.1) is 18.5 Å². The van der Waals surface area contributed by atoms with E-state index in [0.29, 0.717) is 5.39 Å². The molecule has 1 saturated carbocycles. The molecule has 1 saturated heterocycles. The fraction of sp³-hybridized carbons (Fsp3) is 0.455. The first kappa shape index (κ1) is 18.0. The summed E-state index contributed by atoms with van der Waals surface area (Å²) in [6.07, 6.45) is 6.84. The summed E-state index contributed by atoms with van der Waals surface area (Å²) in [7, 11) is 0. The third-order valence-electron chi connectivity index (χ3n) is 6.55. The van der Waals surface area contributed by atoms with Gasteiger partial charge < -0.3 is 9.88 Å². The molecule has 2 aromatic heterocycles. The Balaban J connectivity index is 1.40. The SMILES string of the molecule is O=c1[nH]c(C[NH+]2CC[C@@H]3CCCC[C@@H]3C2)nc2scc(-c3ccc(F)cc3)c12. The van der Waals surface area contributed by atoms with Crippen molar-refractivity contribution in [3.8, 4) is 11.1 Å². The maximum absolute atomic E-state index is 13.2. The van der Waals surface area contributed by atoms with E-state index in [4.69, 9.17) is 4.98 Å². The first-order valence-corrected chi connectivity index (χ1v) is 11.2. The summed E-state index contributed by atoms with van der Waals surface area (Å²) in [5.41, 5.74) is 1.58. The number of hydrogen-bond donors (Lipinski definition) is 2. The quantitative estimate of drug-likeness (QED) is 0.711. The van der Waals surface area contributed by atoms with Gasteiger partial charge in [-0.15, -0.1) is 11.3 Å². The van der Waals surface area contributed by atoms with Crippen LogP contribution in [0.2, 0.25) is 0 Å². The van der Waals surface area contributed by atoms with Crippen LogP contribution in [0.4, 0.5) is 4.39 Å². The van der Waals surface area contributed by atoms with Crippen LogP contribution in [0.3, 0.4) is 0 Å². The Labute approximate surface area is 167 Å². The number of aromatic nitrogens is 2. The van der Waals surface area contributed by atoms with E-state index in [1.54, 1.807) is 17.0 Å². The molecule has 6 heteroatoms. The molecule has 2 aliphatic rings. The average molecular weight is 399 g/mol. The smallest absolute Gasteiger partial charge is 0.260 e. The Hall–Kier alpha value is -2.05. The van der Waals surface area contributed by atoms with Gasteiger partial charge in [0.1, 0.15) is 17.2 Å². The van der Waals surface area contributed by atoms with Gasteiger partial charge in [-0.25, -0.2) is 9.37 Å². The van der Waals surface area contributed by atoms with Crippen LogP contribution < -0.4 is 10.5 Å². The number of quaternary nitrogens is 1. The lowest BCUT2D eigenvalue weighted by molar-refractivity contribution is -0.924. The molecule has 1 aliphatic carbocycles. The zero-order valence-corrected chi connectivity index (χ0v) is 16.7. The van der Waals surface area contributed by atoms with Crippen LogP contribution in [0.5, 0.6) is 0 Å². The molecule has 3 aromatic rings. The van der Waals surface area contributed by atoms with Crippen molar-refractivity contribution in [3.05, 3.63) is 51.6 Å². The van der Waals surface area contributed by atoms with Crippen molar-refractivity contribution in [3.63, 3.8) is 0 Å². The van der Waals surface area contributed by atoms with E-state index in [2.05, 4.69) is 4.98 Å². The van der Waals surface area contributed by atoms with Crippen LogP contribution in [-0.4, -0.2) is 23.1 Å². The highest BCUT2D eigenvalue weighted by molar-refractivity contribution is 7.17. The summed E-state index contributed by atoms with van der Waals surface area (Å²) in [6, 6.07) is 6.27. The molecule has 0 radical (unpaired) electrons. The van der Waals surface area contributed by atoms with Crippen LogP contribution in [0, 0.1) is 17.7 Å². The van der Waals surface area contributed by atoms with Gasteiger partial charge in [-0.1, -0.05) is 25.0 Å². The summed E-state index contributed by atoms with van der Waals surface area (Å²) in [5.74, 6) is 2.28. The number of thiophene rings is 1. The number of fused-ring (bicyclic) bond motifs is 2. The zero-order valence-electron chi connectivity index (χ0n) is 15.8. The monoisotopic (exact) mass is 398 g/mol. The summed E-state index contributed by atoms with van der Waals surface area (Å²) in [5, 5.41) is 2.56. The predicted molar refractivity (Wildman–Crippen MR) is 110 cm³/mol. The number of nitrogens with one attached hydrogen (secondary N) is 2. The van der Waals surface area contributed by atoms with Gasteiger partial charge in [0.25, 0.3) is 5.56 Å². The van der Waals surface area contributed by atoms with E-state index in [1.165, 1.54) is 68.7 Å². The minimum absolute atomic E-state index is 0.0903. The second-order valence-electron chi connectivity index (χ2n) is 8.32. The first-order valence-electron chi connectivity index (χ1n) is 10.3. The Bertz CT molecular complexity index is 1040. The molecular weight excluding hydrogens is 373 g/mol. The third-order valence-corrected chi connectivity index (χ3v) is 7.42. The molecule has 4 nitrogen and oxygen atoms in total. The molecule has 1 aromatic carbocycles. The van der Waals surface area contributed by atoms with Crippen LogP contribution in [-0.2, 0) is 6.54 Å². The molecule has 1 unspecified atom stereocenters. The third kappa shape index (κ3) is 3.40. The van der Waals surface area contributed by atoms with Crippen molar-refractivity contribution >= 4 is 21.6 Å². The Morgan fingerprint density at radius 3 is 2.75 bits per heavy atom. The van der Waals surface area contributed by atoms with Gasteiger partial charge in [0, 0.05) is 16.9 Å². The van der Waals surface area contributed by atoms with E-state index < -0.39 is 0 Å². The zero-order chi connectivity index (χ0) is 19.1. The van der Waals surface area contributed by atoms with Crippen molar-refractivity contribution in [1.29, 1.82) is 0 Å². The fourth-order valence-corrected chi connectivity index (χ4v) is 6.08. The van der Waals surface area contributed by atoms with Gasteiger partial charge in [-0.3, -0.25) is 4.79 Å². The van der Waals surface area contributed by atoms with E-state index in [1.807, 2.05) is 5.38 Å². The van der Waals surface area contributed by atoms with Gasteiger partial charge in [-0.2, -0.15) is 0 Å². The number of benzene rings is 1. The summed E-state index contributed by atoms with van der Waals surface area (Å²) in [4.78, 5) is 22.9. The summed E-state index contributed by atoms with van der Waals surface area (Å²) < 4.78 is 13.2. The van der Waals surface area contributed by atoms with Gasteiger partial charge >= 0.3 is 0 Å². The first-order chi connectivity index (χ1) is 13.7. The summed E-state index contributed by atoms with van der Waals surface area (Å²) in [6.45, 7) is 3.17. The molecule has 0 amide bonds. The lowest BCUT2D eigenvalue weighted by Gasteiger charge is -2.38. The fourth-order valence-electron chi connectivity index (χ4n) is 5.11. The number of aromatic amines is 1. The minimum Gasteiger partial charge on any atom is -0.328 e. The van der Waals surface area contributed by atoms with Crippen molar-refractivity contribution in [2.75, 3.05) is 13.1 Å². The molecule has 0 bridgehead atoms. The van der Waals surface area contributed by atoms with Crippen molar-refractivity contribution < 1.29 is 9.29 Å². The lowest BCUT2D eigenvalue weighted by atomic mass is 9.75. The average Bonchev–Trinajstić information content (AvgIpc) is 3.13. The number of piperidine rings is 1. The van der Waals surface area contributed by atoms with Gasteiger partial charge in [-0.05, 0) is 42.9 Å². The van der Waals surface area contributed by atoms with E-state index in [9.17, 15) is 9.18 Å². The van der Waals surface area contributed by atoms with E-state index >= 15 is 0 Å². The van der Waals surface area contributed by atoms with Crippen LogP contribution in [0.1, 0.15) is 37.9 Å². The normalized spacial score (nSPS) is 25.0. The molecule has 5 rings (SSSR count). The Kier molecular flexibility index (Phi) is 4.77. The second-order valence-corrected chi connectivity index (χ2v) is 9.18. The molecule has 3 atom stereocenters. The Morgan fingerprint density at radius 1 is 1.14 bits per heavy atom.